The Balaban J connectivity index is 2.55. The molecule has 2 nitrogen and oxygen atoms in total. The fourth-order valence-electron chi connectivity index (χ4n) is 1.50. The van der Waals surface area contributed by atoms with Gasteiger partial charge in [0.15, 0.2) is 0 Å². The van der Waals surface area contributed by atoms with Gasteiger partial charge in [-0.15, -0.1) is 0 Å². The molecule has 0 aromatic heterocycles. The molecular weight excluding hydrogens is 229 g/mol. The third-order valence-corrected chi connectivity index (χ3v) is 2.33. The molecule has 0 unspecified atom stereocenters. The van der Waals surface area contributed by atoms with Gasteiger partial charge in [-0.25, -0.2) is 0 Å². The highest BCUT2D eigenvalue weighted by atomic mass is 19.4. The summed E-state index contributed by atoms with van der Waals surface area (Å²) >= 11 is 0. The van der Waals surface area contributed by atoms with Crippen LogP contribution in [0.2, 0.25) is 0 Å². The topological polar surface area (TPSA) is 35.8 Å². The van der Waals surface area contributed by atoms with Crippen molar-refractivity contribution >= 4 is 5.69 Å². The van der Waals surface area contributed by atoms with Crippen LogP contribution in [0.5, 0.6) is 0 Å². The zero-order valence-electron chi connectivity index (χ0n) is 9.43. The monoisotopic (exact) mass is 242 g/mol. The molecule has 0 aliphatic heterocycles. The maximum Gasteiger partial charge on any atom is 0.389 e. The lowest BCUT2D eigenvalue weighted by molar-refractivity contribution is -0.134. The minimum absolute atomic E-state index is 0.00268. The summed E-state index contributed by atoms with van der Waals surface area (Å²) in [7, 11) is 0. The SMILES string of the molecule is Cc1cccc(C#N)c1NCCCC(F)(F)F. The number of hydrogen-bond acceptors (Lipinski definition) is 2. The first-order valence-corrected chi connectivity index (χ1v) is 5.24. The van der Waals surface area contributed by atoms with Crippen LogP contribution in [-0.2, 0) is 0 Å². The van der Waals surface area contributed by atoms with E-state index in [9.17, 15) is 13.2 Å². The second-order valence-corrected chi connectivity index (χ2v) is 3.75. The predicted molar refractivity (Wildman–Crippen MR) is 59.7 cm³/mol. The number of aryl methyl sites for hydroxylation is 1. The van der Waals surface area contributed by atoms with E-state index in [2.05, 4.69) is 5.32 Å². The molecule has 0 fully saturated rings. The normalized spacial score (nSPS) is 11.0. The minimum atomic E-state index is -4.12. The standard InChI is InChI=1S/C12H13F3N2/c1-9-4-2-5-10(8-16)11(9)17-7-3-6-12(13,14)15/h2,4-5,17H,3,6-7H2,1H3. The van der Waals surface area contributed by atoms with Gasteiger partial charge in [-0.3, -0.25) is 0 Å². The molecule has 0 bridgehead atoms. The van der Waals surface area contributed by atoms with Crippen molar-refractivity contribution in [1.82, 2.24) is 0 Å². The zero-order chi connectivity index (χ0) is 12.9. The molecule has 0 saturated heterocycles. The molecule has 17 heavy (non-hydrogen) atoms. The van der Waals surface area contributed by atoms with Crippen LogP contribution in [0.4, 0.5) is 18.9 Å². The maximum atomic E-state index is 11.9. The highest BCUT2D eigenvalue weighted by Crippen LogP contribution is 2.23. The van der Waals surface area contributed by atoms with E-state index in [1.54, 1.807) is 12.1 Å². The molecule has 0 spiro atoms. The first kappa shape index (κ1) is 13.4. The van der Waals surface area contributed by atoms with Crippen LogP contribution in [0.25, 0.3) is 0 Å². The Bertz CT molecular complexity index is 419. The van der Waals surface area contributed by atoms with Gasteiger partial charge in [0.05, 0.1) is 11.3 Å². The Kier molecular flexibility index (Phi) is 4.38. The third-order valence-electron chi connectivity index (χ3n) is 2.33. The van der Waals surface area contributed by atoms with Gasteiger partial charge in [-0.05, 0) is 25.0 Å². The Morgan fingerprint density at radius 3 is 2.65 bits per heavy atom. The molecule has 0 aliphatic carbocycles. The molecule has 0 aliphatic rings. The molecule has 1 N–H and O–H groups in total. The number of nitrogens with one attached hydrogen (secondary N) is 1. The quantitative estimate of drug-likeness (QED) is 0.818. The Labute approximate surface area is 98.1 Å². The van der Waals surface area contributed by atoms with E-state index >= 15 is 0 Å². The Hall–Kier alpha value is -1.70. The summed E-state index contributed by atoms with van der Waals surface area (Å²) in [5.74, 6) is 0. The van der Waals surface area contributed by atoms with Crippen molar-refractivity contribution in [3.05, 3.63) is 29.3 Å². The summed E-state index contributed by atoms with van der Waals surface area (Å²) in [5.41, 5.74) is 1.94. The lowest BCUT2D eigenvalue weighted by atomic mass is 10.1. The number of halogens is 3. The van der Waals surface area contributed by atoms with Crippen LogP contribution >= 0.6 is 0 Å². The van der Waals surface area contributed by atoms with Crippen LogP contribution in [0.3, 0.4) is 0 Å². The highest BCUT2D eigenvalue weighted by Gasteiger charge is 2.25. The largest absolute Gasteiger partial charge is 0.389 e. The van der Waals surface area contributed by atoms with Crippen LogP contribution in [-0.4, -0.2) is 12.7 Å². The second kappa shape index (κ2) is 5.58. The van der Waals surface area contributed by atoms with E-state index < -0.39 is 12.6 Å². The molecule has 92 valence electrons. The molecular formula is C12H13F3N2. The lowest BCUT2D eigenvalue weighted by Crippen LogP contribution is -2.11. The van der Waals surface area contributed by atoms with Gasteiger partial charge in [0.2, 0.25) is 0 Å². The van der Waals surface area contributed by atoms with Gasteiger partial charge in [0.1, 0.15) is 6.07 Å². The second-order valence-electron chi connectivity index (χ2n) is 3.75. The Morgan fingerprint density at radius 2 is 2.06 bits per heavy atom. The van der Waals surface area contributed by atoms with Crippen LogP contribution in [0, 0.1) is 18.3 Å². The summed E-state index contributed by atoms with van der Waals surface area (Å²) in [6.07, 6.45) is -4.93. The van der Waals surface area contributed by atoms with Crippen molar-refractivity contribution in [2.24, 2.45) is 0 Å². The molecule has 0 radical (unpaired) electrons. The van der Waals surface area contributed by atoms with Crippen molar-refractivity contribution in [2.45, 2.75) is 25.9 Å². The summed E-state index contributed by atoms with van der Waals surface area (Å²) in [5, 5.41) is 11.7. The van der Waals surface area contributed by atoms with Gasteiger partial charge in [0, 0.05) is 13.0 Å². The molecule has 5 heteroatoms. The van der Waals surface area contributed by atoms with Crippen molar-refractivity contribution in [3.63, 3.8) is 0 Å². The summed E-state index contributed by atoms with van der Waals surface area (Å²) < 4.78 is 35.8. The van der Waals surface area contributed by atoms with Crippen LogP contribution in [0.15, 0.2) is 18.2 Å². The maximum absolute atomic E-state index is 11.9. The van der Waals surface area contributed by atoms with Gasteiger partial charge in [0.25, 0.3) is 0 Å². The van der Waals surface area contributed by atoms with Gasteiger partial charge < -0.3 is 5.32 Å². The average molecular weight is 242 g/mol. The summed E-state index contributed by atoms with van der Waals surface area (Å²) in [6, 6.07) is 7.20. The smallest absolute Gasteiger partial charge is 0.384 e. The number of anilines is 1. The molecule has 1 aromatic carbocycles. The van der Waals surface area contributed by atoms with Crippen LogP contribution < -0.4 is 5.32 Å². The number of benzene rings is 1. The number of rotatable bonds is 4. The molecule has 1 aromatic rings. The van der Waals surface area contributed by atoms with Gasteiger partial charge in [-0.1, -0.05) is 12.1 Å². The van der Waals surface area contributed by atoms with E-state index in [1.807, 2.05) is 19.1 Å². The minimum Gasteiger partial charge on any atom is -0.384 e. The number of hydrogen-bond donors (Lipinski definition) is 1. The number of nitriles is 1. The first-order valence-electron chi connectivity index (χ1n) is 5.24. The van der Waals surface area contributed by atoms with Gasteiger partial charge >= 0.3 is 6.18 Å². The van der Waals surface area contributed by atoms with E-state index in [4.69, 9.17) is 5.26 Å². The predicted octanol–water partition coefficient (Wildman–Crippen LogP) is 3.62. The molecule has 0 amide bonds. The third kappa shape index (κ3) is 4.35. The molecule has 0 heterocycles. The van der Waals surface area contributed by atoms with Gasteiger partial charge in [-0.2, -0.15) is 18.4 Å². The first-order chi connectivity index (χ1) is 7.94. The molecule has 0 atom stereocenters. The number of alkyl halides is 3. The molecule has 1 rings (SSSR count). The van der Waals surface area contributed by atoms with Crippen molar-refractivity contribution in [3.8, 4) is 6.07 Å². The summed E-state index contributed by atoms with van der Waals surface area (Å²) in [4.78, 5) is 0. The lowest BCUT2D eigenvalue weighted by Gasteiger charge is -2.11. The average Bonchev–Trinajstić information content (AvgIpc) is 2.24. The van der Waals surface area contributed by atoms with Crippen molar-refractivity contribution in [1.29, 1.82) is 5.26 Å². The fourth-order valence-corrected chi connectivity index (χ4v) is 1.50. The van der Waals surface area contributed by atoms with E-state index in [-0.39, 0.29) is 13.0 Å². The van der Waals surface area contributed by atoms with Crippen molar-refractivity contribution in [2.75, 3.05) is 11.9 Å². The van der Waals surface area contributed by atoms with Crippen molar-refractivity contribution < 1.29 is 13.2 Å². The van der Waals surface area contributed by atoms with E-state index in [0.29, 0.717) is 11.3 Å². The fraction of sp³-hybridized carbons (Fsp3) is 0.417. The van der Waals surface area contributed by atoms with E-state index in [1.165, 1.54) is 0 Å². The number of nitrogens with zero attached hydrogens (tertiary/aromatic N) is 1. The number of para-hydroxylation sites is 1. The zero-order valence-corrected chi connectivity index (χ0v) is 9.43. The summed E-state index contributed by atoms with van der Waals surface area (Å²) in [6.45, 7) is 2.02. The molecule has 0 saturated carbocycles. The van der Waals surface area contributed by atoms with E-state index in [0.717, 1.165) is 5.56 Å². The Morgan fingerprint density at radius 1 is 1.35 bits per heavy atom. The van der Waals surface area contributed by atoms with Crippen LogP contribution in [0.1, 0.15) is 24.0 Å². The highest BCUT2D eigenvalue weighted by molar-refractivity contribution is 5.62.